The number of nitriles is 1. The molecule has 0 spiro atoms. The molecule has 4 nitrogen and oxygen atoms in total. The average molecular weight is 414 g/mol. The molecule has 2 aromatic rings. The summed E-state index contributed by atoms with van der Waals surface area (Å²) < 4.78 is 15.0. The molecular weight excluding hydrogens is 385 g/mol. The number of hydrogen-bond donors (Lipinski definition) is 2. The second-order valence-electron chi connectivity index (χ2n) is 9.14. The van der Waals surface area contributed by atoms with Crippen LogP contribution in [0.2, 0.25) is 0 Å². The predicted molar refractivity (Wildman–Crippen MR) is 115 cm³/mol. The van der Waals surface area contributed by atoms with Crippen LogP contribution >= 0.6 is 11.3 Å². The highest BCUT2D eigenvalue weighted by Gasteiger charge is 2.46. The number of hydrogen-bond acceptors (Lipinski definition) is 4. The normalized spacial score (nSPS) is 24.3. The van der Waals surface area contributed by atoms with Gasteiger partial charge >= 0.3 is 0 Å². The Morgan fingerprint density at radius 3 is 2.66 bits per heavy atom. The van der Waals surface area contributed by atoms with Gasteiger partial charge < -0.3 is 10.6 Å². The Balaban J connectivity index is 1.93. The van der Waals surface area contributed by atoms with Gasteiger partial charge in [-0.3, -0.25) is 4.79 Å². The molecule has 1 aliphatic heterocycles. The highest BCUT2D eigenvalue weighted by molar-refractivity contribution is 7.16. The lowest BCUT2D eigenvalue weighted by molar-refractivity contribution is -0.118. The first-order valence-electron chi connectivity index (χ1n) is 9.92. The molecule has 2 heterocycles. The largest absolute Gasteiger partial charge is 0.316 e. The van der Waals surface area contributed by atoms with Crippen molar-refractivity contribution in [1.29, 1.82) is 5.26 Å². The van der Waals surface area contributed by atoms with Crippen LogP contribution in [0.15, 0.2) is 30.3 Å². The Labute approximate surface area is 176 Å². The lowest BCUT2D eigenvalue weighted by atomic mass is 9.78. The third-order valence-corrected chi connectivity index (χ3v) is 6.52. The maximum atomic E-state index is 15.0. The fraction of sp³-hybridized carbons (Fsp3) is 0.478. The van der Waals surface area contributed by atoms with Crippen LogP contribution in [0.1, 0.15) is 56.0 Å². The molecule has 1 aliphatic rings. The van der Waals surface area contributed by atoms with Gasteiger partial charge in [-0.15, -0.1) is 11.3 Å². The summed E-state index contributed by atoms with van der Waals surface area (Å²) in [6.45, 7) is 10.4. The molecule has 0 radical (unpaired) electrons. The Morgan fingerprint density at radius 1 is 1.31 bits per heavy atom. The molecule has 2 N–H and O–H groups in total. The van der Waals surface area contributed by atoms with E-state index in [2.05, 4.69) is 44.4 Å². The van der Waals surface area contributed by atoms with Gasteiger partial charge in [0.2, 0.25) is 5.91 Å². The van der Waals surface area contributed by atoms with Crippen molar-refractivity contribution >= 4 is 22.2 Å². The van der Waals surface area contributed by atoms with Gasteiger partial charge in [-0.05, 0) is 47.9 Å². The number of nitrogens with one attached hydrogen (secondary N) is 2. The Hall–Kier alpha value is -2.23. The van der Waals surface area contributed by atoms with Gasteiger partial charge in [-0.2, -0.15) is 5.26 Å². The fourth-order valence-electron chi connectivity index (χ4n) is 4.24. The monoisotopic (exact) mass is 413 g/mol. The van der Waals surface area contributed by atoms with Crippen LogP contribution in [-0.2, 0) is 4.79 Å². The molecule has 1 aromatic heterocycles. The van der Waals surface area contributed by atoms with E-state index in [-0.39, 0.29) is 35.0 Å². The lowest BCUT2D eigenvalue weighted by Gasteiger charge is -2.27. The van der Waals surface area contributed by atoms with E-state index in [9.17, 15) is 4.79 Å². The number of thiophene rings is 1. The van der Waals surface area contributed by atoms with Crippen molar-refractivity contribution in [1.82, 2.24) is 5.32 Å². The third-order valence-electron chi connectivity index (χ3n) is 5.61. The standard InChI is InChI=1S/C23H28FN3OS/c1-13-7-6-8-16(20(13)24)19-14(2)17(11-23(3,4)5)26-21(19)22(28)27-18-10-9-15(12-25)29-18/h6-10,14,17,19,21,26H,11H2,1-5H3,(H,27,28)/t14?,17?,19?,21-/m1/s1. The van der Waals surface area contributed by atoms with Crippen molar-refractivity contribution in [2.24, 2.45) is 11.3 Å². The molecule has 6 heteroatoms. The number of anilines is 1. The van der Waals surface area contributed by atoms with Gasteiger partial charge in [0.05, 0.1) is 11.0 Å². The van der Waals surface area contributed by atoms with Crippen LogP contribution in [0, 0.1) is 35.4 Å². The minimum atomic E-state index is -0.540. The van der Waals surface area contributed by atoms with Crippen molar-refractivity contribution in [3.05, 3.63) is 52.2 Å². The Bertz CT molecular complexity index is 940. The summed E-state index contributed by atoms with van der Waals surface area (Å²) in [5.41, 5.74) is 1.26. The number of carbonyl (C=O) groups is 1. The van der Waals surface area contributed by atoms with Crippen LogP contribution in [-0.4, -0.2) is 18.0 Å². The lowest BCUT2D eigenvalue weighted by Crippen LogP contribution is -2.42. The first-order valence-corrected chi connectivity index (χ1v) is 10.7. The van der Waals surface area contributed by atoms with Crippen LogP contribution < -0.4 is 10.6 Å². The topological polar surface area (TPSA) is 64.9 Å². The zero-order chi connectivity index (χ0) is 21.3. The maximum absolute atomic E-state index is 15.0. The molecule has 0 bridgehead atoms. The molecule has 3 rings (SSSR count). The minimum Gasteiger partial charge on any atom is -0.316 e. The molecule has 1 aromatic carbocycles. The van der Waals surface area contributed by atoms with E-state index in [0.29, 0.717) is 21.0 Å². The summed E-state index contributed by atoms with van der Waals surface area (Å²) in [5.74, 6) is -0.592. The average Bonchev–Trinajstić information content (AvgIpc) is 3.21. The van der Waals surface area contributed by atoms with Crippen molar-refractivity contribution in [3.8, 4) is 6.07 Å². The highest BCUT2D eigenvalue weighted by atomic mass is 32.1. The van der Waals surface area contributed by atoms with E-state index in [1.807, 2.05) is 6.07 Å². The summed E-state index contributed by atoms with van der Waals surface area (Å²) in [5, 5.41) is 16.1. The zero-order valence-electron chi connectivity index (χ0n) is 17.5. The van der Waals surface area contributed by atoms with E-state index in [1.165, 1.54) is 11.3 Å². The molecule has 3 unspecified atom stereocenters. The number of amides is 1. The number of aryl methyl sites for hydroxylation is 1. The summed E-state index contributed by atoms with van der Waals surface area (Å²) in [6.07, 6.45) is 0.888. The molecule has 1 amide bonds. The van der Waals surface area contributed by atoms with Crippen molar-refractivity contribution in [3.63, 3.8) is 0 Å². The zero-order valence-corrected chi connectivity index (χ0v) is 18.4. The van der Waals surface area contributed by atoms with Crippen LogP contribution in [0.4, 0.5) is 9.39 Å². The molecule has 0 saturated carbocycles. The van der Waals surface area contributed by atoms with E-state index in [1.54, 1.807) is 31.2 Å². The van der Waals surface area contributed by atoms with Crippen LogP contribution in [0.25, 0.3) is 0 Å². The van der Waals surface area contributed by atoms with Crippen LogP contribution in [0.5, 0.6) is 0 Å². The number of carbonyl (C=O) groups excluding carboxylic acids is 1. The van der Waals surface area contributed by atoms with E-state index in [4.69, 9.17) is 5.26 Å². The van der Waals surface area contributed by atoms with Gasteiger partial charge in [0, 0.05) is 12.0 Å². The second-order valence-corrected chi connectivity index (χ2v) is 10.2. The maximum Gasteiger partial charge on any atom is 0.242 e. The number of nitrogens with zero attached hydrogens (tertiary/aromatic N) is 1. The van der Waals surface area contributed by atoms with Crippen molar-refractivity contribution in [2.75, 3.05) is 5.32 Å². The summed E-state index contributed by atoms with van der Waals surface area (Å²) in [4.78, 5) is 13.7. The Morgan fingerprint density at radius 2 is 2.03 bits per heavy atom. The van der Waals surface area contributed by atoms with E-state index < -0.39 is 6.04 Å². The van der Waals surface area contributed by atoms with E-state index >= 15 is 4.39 Å². The Kier molecular flexibility index (Phi) is 6.11. The molecule has 0 aliphatic carbocycles. The minimum absolute atomic E-state index is 0.0858. The summed E-state index contributed by atoms with van der Waals surface area (Å²) >= 11 is 1.24. The third kappa shape index (κ3) is 4.68. The van der Waals surface area contributed by atoms with Crippen LogP contribution in [0.3, 0.4) is 0 Å². The van der Waals surface area contributed by atoms with Crippen molar-refractivity contribution < 1.29 is 9.18 Å². The predicted octanol–water partition coefficient (Wildman–Crippen LogP) is 5.20. The summed E-state index contributed by atoms with van der Waals surface area (Å²) in [6, 6.07) is 10.5. The number of halogens is 1. The van der Waals surface area contributed by atoms with Gasteiger partial charge in [0.25, 0.3) is 0 Å². The second kappa shape index (κ2) is 8.25. The molecule has 4 atom stereocenters. The molecule has 1 fully saturated rings. The van der Waals surface area contributed by atoms with Gasteiger partial charge in [0.1, 0.15) is 16.8 Å². The molecular formula is C23H28FN3OS. The van der Waals surface area contributed by atoms with Gasteiger partial charge in [-0.1, -0.05) is 45.9 Å². The smallest absolute Gasteiger partial charge is 0.242 e. The first kappa shape index (κ1) is 21.5. The molecule has 1 saturated heterocycles. The number of benzene rings is 1. The first-order chi connectivity index (χ1) is 13.6. The van der Waals surface area contributed by atoms with Crippen molar-refractivity contribution in [2.45, 2.75) is 59.0 Å². The SMILES string of the molecule is Cc1cccc(C2C(C)C(CC(C)(C)C)N[C@H]2C(=O)Nc2ccc(C#N)s2)c1F. The summed E-state index contributed by atoms with van der Waals surface area (Å²) in [7, 11) is 0. The highest BCUT2D eigenvalue weighted by Crippen LogP contribution is 2.42. The van der Waals surface area contributed by atoms with Gasteiger partial charge in [0.15, 0.2) is 0 Å². The van der Waals surface area contributed by atoms with Gasteiger partial charge in [-0.25, -0.2) is 4.39 Å². The fourth-order valence-corrected chi connectivity index (χ4v) is 4.94. The number of rotatable bonds is 4. The van der Waals surface area contributed by atoms with E-state index in [0.717, 1.165) is 6.42 Å². The molecule has 29 heavy (non-hydrogen) atoms. The molecule has 154 valence electrons. The quantitative estimate of drug-likeness (QED) is 0.724.